The molecular formula is C16H14INO4S2. The van der Waals surface area contributed by atoms with Gasteiger partial charge in [0.2, 0.25) is 5.12 Å². The highest BCUT2D eigenvalue weighted by molar-refractivity contribution is 14.1. The molecule has 0 N–H and O–H groups in total. The highest BCUT2D eigenvalue weighted by atomic mass is 127. The third-order valence-corrected chi connectivity index (χ3v) is 5.53. The van der Waals surface area contributed by atoms with Crippen LogP contribution in [0.3, 0.4) is 0 Å². The first kappa shape index (κ1) is 19.1. The quantitative estimate of drug-likeness (QED) is 0.210. The molecule has 126 valence electrons. The average Bonchev–Trinajstić information content (AvgIpc) is 2.87. The summed E-state index contributed by atoms with van der Waals surface area (Å²) < 4.78 is 11.9. The predicted molar refractivity (Wildman–Crippen MR) is 108 cm³/mol. The molecule has 1 heterocycles. The van der Waals surface area contributed by atoms with Gasteiger partial charge in [-0.1, -0.05) is 17.8 Å². The molecule has 0 saturated heterocycles. The molecule has 1 aliphatic heterocycles. The lowest BCUT2D eigenvalue weighted by Gasteiger charge is -2.11. The van der Waals surface area contributed by atoms with Crippen molar-refractivity contribution in [2.75, 3.05) is 12.9 Å². The van der Waals surface area contributed by atoms with Gasteiger partial charge in [-0.25, -0.2) is 4.99 Å². The Bertz CT molecular complexity index is 759. The monoisotopic (exact) mass is 475 g/mol. The van der Waals surface area contributed by atoms with Crippen molar-refractivity contribution in [2.24, 2.45) is 4.99 Å². The number of thioether (sulfide) groups is 2. The summed E-state index contributed by atoms with van der Waals surface area (Å²) in [7, 11) is 1.49. The van der Waals surface area contributed by atoms with Crippen molar-refractivity contribution in [3.8, 4) is 11.5 Å². The molecule has 0 amide bonds. The molecule has 0 aromatic heterocycles. The molecule has 1 aromatic carbocycles. The van der Waals surface area contributed by atoms with Crippen LogP contribution in [0.2, 0.25) is 0 Å². The van der Waals surface area contributed by atoms with E-state index in [0.29, 0.717) is 30.9 Å². The minimum Gasteiger partial charge on any atom is -0.493 e. The minimum atomic E-state index is -0.423. The largest absolute Gasteiger partial charge is 0.493 e. The van der Waals surface area contributed by atoms with Crippen LogP contribution >= 0.6 is 46.1 Å². The van der Waals surface area contributed by atoms with E-state index in [2.05, 4.69) is 34.2 Å². The van der Waals surface area contributed by atoms with Crippen LogP contribution in [0.1, 0.15) is 12.5 Å². The Morgan fingerprint density at radius 3 is 2.88 bits per heavy atom. The summed E-state index contributed by atoms with van der Waals surface area (Å²) in [6, 6.07) is 3.51. The van der Waals surface area contributed by atoms with Gasteiger partial charge >= 0.3 is 5.97 Å². The van der Waals surface area contributed by atoms with Gasteiger partial charge < -0.3 is 9.47 Å². The van der Waals surface area contributed by atoms with Gasteiger partial charge in [-0.3, -0.25) is 9.59 Å². The van der Waals surface area contributed by atoms with E-state index >= 15 is 0 Å². The van der Waals surface area contributed by atoms with Crippen molar-refractivity contribution >= 4 is 67.7 Å². The van der Waals surface area contributed by atoms with Gasteiger partial charge in [-0.2, -0.15) is 0 Å². The maximum atomic E-state index is 12.0. The normalized spacial score (nSPS) is 15.4. The van der Waals surface area contributed by atoms with Gasteiger partial charge in [-0.15, -0.1) is 6.58 Å². The summed E-state index contributed by atoms with van der Waals surface area (Å²) in [6.07, 6.45) is 3.46. The third-order valence-electron chi connectivity index (χ3n) is 2.73. The number of esters is 1. The first-order chi connectivity index (χ1) is 11.4. The fourth-order valence-corrected chi connectivity index (χ4v) is 4.14. The molecule has 5 nitrogen and oxygen atoms in total. The molecule has 0 bridgehead atoms. The van der Waals surface area contributed by atoms with Crippen LogP contribution in [-0.2, 0) is 9.59 Å². The number of aliphatic imine (C=N–C) groups is 1. The van der Waals surface area contributed by atoms with Gasteiger partial charge in [-0.05, 0) is 58.1 Å². The maximum absolute atomic E-state index is 12.0. The number of methoxy groups -OCH3 is 1. The lowest BCUT2D eigenvalue weighted by Crippen LogP contribution is -2.05. The van der Waals surface area contributed by atoms with E-state index in [4.69, 9.17) is 9.47 Å². The first-order valence-electron chi connectivity index (χ1n) is 6.76. The van der Waals surface area contributed by atoms with Crippen LogP contribution in [-0.4, -0.2) is 28.3 Å². The fraction of sp³-hybridized carbons (Fsp3) is 0.188. The van der Waals surface area contributed by atoms with E-state index in [1.807, 2.05) is 0 Å². The molecule has 1 aliphatic rings. The van der Waals surface area contributed by atoms with E-state index in [1.165, 1.54) is 25.8 Å². The molecular weight excluding hydrogens is 461 g/mol. The number of carbonyl (C=O) groups excluding carboxylic acids is 2. The van der Waals surface area contributed by atoms with E-state index in [1.54, 1.807) is 24.3 Å². The predicted octanol–water partition coefficient (Wildman–Crippen LogP) is 4.11. The standard InChI is InChI=1S/C16H14INO4S2/c1-4-5-23-16-18-12(15(20)24-16)7-10-6-11(17)14(22-9(2)19)13(8-10)21-3/h4,6-8H,1,5H2,2-3H3/b12-7-. The van der Waals surface area contributed by atoms with Crippen LogP contribution in [0.25, 0.3) is 6.08 Å². The van der Waals surface area contributed by atoms with Gasteiger partial charge in [0.1, 0.15) is 10.1 Å². The number of halogens is 1. The number of rotatable bonds is 5. The second-order valence-corrected chi connectivity index (χ2v) is 7.92. The Morgan fingerprint density at radius 2 is 2.25 bits per heavy atom. The van der Waals surface area contributed by atoms with E-state index in [9.17, 15) is 9.59 Å². The second-order valence-electron chi connectivity index (χ2n) is 4.52. The zero-order valence-corrected chi connectivity index (χ0v) is 16.8. The number of ether oxygens (including phenoxy) is 2. The van der Waals surface area contributed by atoms with Crippen molar-refractivity contribution < 1.29 is 19.1 Å². The molecule has 0 spiro atoms. The van der Waals surface area contributed by atoms with Crippen LogP contribution < -0.4 is 9.47 Å². The van der Waals surface area contributed by atoms with Crippen molar-refractivity contribution in [1.29, 1.82) is 0 Å². The van der Waals surface area contributed by atoms with Crippen LogP contribution in [0, 0.1) is 3.57 Å². The molecule has 0 radical (unpaired) electrons. The molecule has 0 aliphatic carbocycles. The number of carbonyl (C=O) groups is 2. The van der Waals surface area contributed by atoms with E-state index in [0.717, 1.165) is 17.3 Å². The molecule has 0 unspecified atom stereocenters. The molecule has 24 heavy (non-hydrogen) atoms. The average molecular weight is 475 g/mol. The van der Waals surface area contributed by atoms with Crippen LogP contribution in [0.5, 0.6) is 11.5 Å². The van der Waals surface area contributed by atoms with Crippen LogP contribution in [0.15, 0.2) is 35.5 Å². The molecule has 2 rings (SSSR count). The van der Waals surface area contributed by atoms with E-state index in [-0.39, 0.29) is 5.12 Å². The topological polar surface area (TPSA) is 65.0 Å². The van der Waals surface area contributed by atoms with Gasteiger partial charge in [0, 0.05) is 12.7 Å². The Labute approximate surface area is 162 Å². The molecule has 0 saturated carbocycles. The van der Waals surface area contributed by atoms with Crippen molar-refractivity contribution in [2.45, 2.75) is 6.92 Å². The number of hydrogen-bond acceptors (Lipinski definition) is 7. The number of nitrogens with zero attached hydrogens (tertiary/aromatic N) is 1. The Hall–Kier alpha value is -1.26. The molecule has 8 heteroatoms. The van der Waals surface area contributed by atoms with Gasteiger partial charge in [0.05, 0.1) is 10.7 Å². The summed E-state index contributed by atoms with van der Waals surface area (Å²) in [5.74, 6) is 1.07. The summed E-state index contributed by atoms with van der Waals surface area (Å²) >= 11 is 4.64. The summed E-state index contributed by atoms with van der Waals surface area (Å²) in [5.41, 5.74) is 1.12. The van der Waals surface area contributed by atoms with Gasteiger partial charge in [0.15, 0.2) is 11.5 Å². The van der Waals surface area contributed by atoms with E-state index < -0.39 is 5.97 Å². The first-order valence-corrected chi connectivity index (χ1v) is 9.65. The zero-order chi connectivity index (χ0) is 17.7. The van der Waals surface area contributed by atoms with Gasteiger partial charge in [0.25, 0.3) is 0 Å². The lowest BCUT2D eigenvalue weighted by atomic mass is 10.1. The number of hydrogen-bond donors (Lipinski definition) is 0. The zero-order valence-electron chi connectivity index (χ0n) is 13.0. The highest BCUT2D eigenvalue weighted by Gasteiger charge is 2.22. The molecule has 1 aromatic rings. The Morgan fingerprint density at radius 1 is 1.50 bits per heavy atom. The smallest absolute Gasteiger partial charge is 0.308 e. The minimum absolute atomic E-state index is 0.0976. The SMILES string of the molecule is C=CCSC1=N/C(=C\c2cc(I)c(OC(C)=O)c(OC)c2)C(=O)S1. The maximum Gasteiger partial charge on any atom is 0.308 e. The third kappa shape index (κ3) is 4.87. The lowest BCUT2D eigenvalue weighted by molar-refractivity contribution is -0.132. The van der Waals surface area contributed by atoms with Crippen molar-refractivity contribution in [1.82, 2.24) is 0 Å². The second kappa shape index (κ2) is 8.72. The Balaban J connectivity index is 2.34. The Kier molecular flexibility index (Phi) is 6.93. The number of benzene rings is 1. The molecule has 0 fully saturated rings. The fourth-order valence-electron chi connectivity index (χ4n) is 1.81. The highest BCUT2D eigenvalue weighted by Crippen LogP contribution is 2.36. The molecule has 0 atom stereocenters. The van der Waals surface area contributed by atoms with Crippen molar-refractivity contribution in [3.05, 3.63) is 39.6 Å². The van der Waals surface area contributed by atoms with Crippen molar-refractivity contribution in [3.63, 3.8) is 0 Å². The summed E-state index contributed by atoms with van der Waals surface area (Å²) in [5, 5.41) is -0.0976. The summed E-state index contributed by atoms with van der Waals surface area (Å²) in [4.78, 5) is 27.6. The van der Waals surface area contributed by atoms with Crippen LogP contribution in [0.4, 0.5) is 0 Å². The summed E-state index contributed by atoms with van der Waals surface area (Å²) in [6.45, 7) is 4.98.